The zero-order valence-electron chi connectivity index (χ0n) is 10.7. The van der Waals surface area contributed by atoms with Crippen LogP contribution in [0.3, 0.4) is 0 Å². The molecule has 0 aromatic heterocycles. The van der Waals surface area contributed by atoms with Crippen LogP contribution in [0, 0.1) is 5.92 Å². The van der Waals surface area contributed by atoms with E-state index in [0.717, 1.165) is 16.8 Å². The molecule has 0 saturated heterocycles. The summed E-state index contributed by atoms with van der Waals surface area (Å²) in [6, 6.07) is 8.34. The van der Waals surface area contributed by atoms with Gasteiger partial charge in [-0.15, -0.1) is 11.8 Å². The van der Waals surface area contributed by atoms with E-state index in [1.165, 1.54) is 17.7 Å². The van der Waals surface area contributed by atoms with Gasteiger partial charge in [0.1, 0.15) is 0 Å². The molecule has 0 amide bonds. The maximum atomic E-state index is 9.77. The molecule has 18 heavy (non-hydrogen) atoms. The normalized spacial score (nSPS) is 18.6. The first kappa shape index (κ1) is 14.4. The van der Waals surface area contributed by atoms with Gasteiger partial charge in [-0.2, -0.15) is 0 Å². The third kappa shape index (κ3) is 3.50. The summed E-state index contributed by atoms with van der Waals surface area (Å²) in [7, 11) is 0. The van der Waals surface area contributed by atoms with E-state index >= 15 is 0 Å². The number of thioether (sulfide) groups is 1. The van der Waals surface area contributed by atoms with Crippen LogP contribution in [0.5, 0.6) is 0 Å². The first-order valence-corrected chi connectivity index (χ1v) is 8.22. The second kappa shape index (κ2) is 6.42. The number of nitrogens with one attached hydrogen (secondary N) is 1. The Bertz CT molecular complexity index is 397. The highest BCUT2D eigenvalue weighted by Gasteiger charge is 2.44. The van der Waals surface area contributed by atoms with Crippen molar-refractivity contribution in [3.63, 3.8) is 0 Å². The van der Waals surface area contributed by atoms with Gasteiger partial charge in [-0.05, 0) is 43.5 Å². The Hall–Kier alpha value is -0.0300. The van der Waals surface area contributed by atoms with E-state index in [-0.39, 0.29) is 12.1 Å². The van der Waals surface area contributed by atoms with Crippen molar-refractivity contribution < 1.29 is 5.11 Å². The van der Waals surface area contributed by atoms with Gasteiger partial charge in [-0.1, -0.05) is 28.9 Å². The minimum atomic E-state index is -0.0955. The van der Waals surface area contributed by atoms with Crippen molar-refractivity contribution in [2.75, 3.05) is 18.9 Å². The fraction of sp³-hybridized carbons (Fsp3) is 0.571. The Morgan fingerprint density at radius 2 is 2.28 bits per heavy atom. The van der Waals surface area contributed by atoms with Crippen molar-refractivity contribution >= 4 is 27.7 Å². The third-order valence-electron chi connectivity index (χ3n) is 3.46. The monoisotopic (exact) mass is 329 g/mol. The minimum Gasteiger partial charge on any atom is -0.394 e. The molecule has 1 aromatic carbocycles. The van der Waals surface area contributed by atoms with Crippen molar-refractivity contribution in [3.05, 3.63) is 28.7 Å². The maximum absolute atomic E-state index is 9.77. The summed E-state index contributed by atoms with van der Waals surface area (Å²) in [5, 5.41) is 13.3. The van der Waals surface area contributed by atoms with E-state index in [1.807, 2.05) is 17.8 Å². The van der Waals surface area contributed by atoms with Crippen LogP contribution >= 0.6 is 27.7 Å². The van der Waals surface area contributed by atoms with Crippen LogP contribution in [-0.4, -0.2) is 29.5 Å². The highest BCUT2D eigenvalue weighted by atomic mass is 79.9. The molecule has 0 heterocycles. The van der Waals surface area contributed by atoms with Crippen molar-refractivity contribution in [2.24, 2.45) is 5.92 Å². The average Bonchev–Trinajstić information content (AvgIpc) is 3.19. The van der Waals surface area contributed by atoms with E-state index in [4.69, 9.17) is 0 Å². The first-order valence-electron chi connectivity index (χ1n) is 6.44. The summed E-state index contributed by atoms with van der Waals surface area (Å²) < 4.78 is 1.11. The van der Waals surface area contributed by atoms with Crippen LogP contribution in [0.25, 0.3) is 0 Å². The fourth-order valence-corrected chi connectivity index (χ4v) is 4.09. The van der Waals surface area contributed by atoms with Gasteiger partial charge in [0.15, 0.2) is 0 Å². The van der Waals surface area contributed by atoms with Crippen molar-refractivity contribution in [1.29, 1.82) is 0 Å². The molecular formula is C14H20BrNOS. The number of rotatable bonds is 7. The number of hydrogen-bond donors (Lipinski definition) is 2. The largest absolute Gasteiger partial charge is 0.394 e. The van der Waals surface area contributed by atoms with Crippen LogP contribution in [0.2, 0.25) is 0 Å². The van der Waals surface area contributed by atoms with E-state index in [1.54, 1.807) is 0 Å². The number of halogens is 1. The molecule has 1 aromatic rings. The lowest BCUT2D eigenvalue weighted by Crippen LogP contribution is -2.52. The Labute approximate surface area is 122 Å². The van der Waals surface area contributed by atoms with Crippen LogP contribution in [0.15, 0.2) is 33.6 Å². The topological polar surface area (TPSA) is 32.3 Å². The lowest BCUT2D eigenvalue weighted by molar-refractivity contribution is 0.161. The Balaban J connectivity index is 2.01. The number of aliphatic hydroxyl groups is 1. The fourth-order valence-electron chi connectivity index (χ4n) is 2.30. The third-order valence-corrected chi connectivity index (χ3v) is 5.20. The summed E-state index contributed by atoms with van der Waals surface area (Å²) in [4.78, 5) is 1.25. The van der Waals surface area contributed by atoms with Crippen LogP contribution in [0.4, 0.5) is 0 Å². The molecule has 2 N–H and O–H groups in total. The van der Waals surface area contributed by atoms with Crippen LogP contribution in [-0.2, 0) is 0 Å². The van der Waals surface area contributed by atoms with Crippen molar-refractivity contribution in [1.82, 2.24) is 5.32 Å². The molecule has 1 atom stereocenters. The Kier molecular flexibility index (Phi) is 5.13. The first-order chi connectivity index (χ1) is 8.70. The van der Waals surface area contributed by atoms with Gasteiger partial charge < -0.3 is 10.4 Å². The molecule has 2 rings (SSSR count). The van der Waals surface area contributed by atoms with Gasteiger partial charge in [0.25, 0.3) is 0 Å². The molecule has 100 valence electrons. The standard InChI is InChI=1S/C14H20BrNOS/c1-2-16-14(9-17,11-6-7-11)10-18-13-5-3-4-12(15)8-13/h3-5,8,11,16-17H,2,6-7,9-10H2,1H3. The number of benzene rings is 1. The molecule has 2 nitrogen and oxygen atoms in total. The van der Waals surface area contributed by atoms with E-state index < -0.39 is 0 Å². The predicted molar refractivity (Wildman–Crippen MR) is 81.1 cm³/mol. The summed E-state index contributed by atoms with van der Waals surface area (Å²) in [6.07, 6.45) is 2.49. The average molecular weight is 330 g/mol. The number of aliphatic hydroxyl groups excluding tert-OH is 1. The van der Waals surface area contributed by atoms with Gasteiger partial charge in [0.05, 0.1) is 12.1 Å². The SMILES string of the molecule is CCNC(CO)(CSc1cccc(Br)c1)C1CC1. The number of likely N-dealkylation sites (N-methyl/N-ethyl adjacent to an activating group) is 1. The molecule has 0 spiro atoms. The quantitative estimate of drug-likeness (QED) is 0.753. The second-order valence-corrected chi connectivity index (χ2v) is 6.83. The highest BCUT2D eigenvalue weighted by Crippen LogP contribution is 2.42. The molecule has 1 aliphatic rings. The minimum absolute atomic E-state index is 0.0955. The van der Waals surface area contributed by atoms with E-state index in [0.29, 0.717) is 5.92 Å². The van der Waals surface area contributed by atoms with Gasteiger partial charge in [0.2, 0.25) is 0 Å². The van der Waals surface area contributed by atoms with Crippen LogP contribution < -0.4 is 5.32 Å². The summed E-state index contributed by atoms with van der Waals surface area (Å²) >= 11 is 5.32. The summed E-state index contributed by atoms with van der Waals surface area (Å²) in [6.45, 7) is 3.25. The molecular weight excluding hydrogens is 310 g/mol. The lowest BCUT2D eigenvalue weighted by Gasteiger charge is -2.33. The van der Waals surface area contributed by atoms with Crippen molar-refractivity contribution in [2.45, 2.75) is 30.2 Å². The highest BCUT2D eigenvalue weighted by molar-refractivity contribution is 9.10. The number of hydrogen-bond acceptors (Lipinski definition) is 3. The Morgan fingerprint density at radius 1 is 1.50 bits per heavy atom. The second-order valence-electron chi connectivity index (χ2n) is 4.86. The molecule has 1 unspecified atom stereocenters. The van der Waals surface area contributed by atoms with Gasteiger partial charge in [0, 0.05) is 15.1 Å². The molecule has 4 heteroatoms. The van der Waals surface area contributed by atoms with Gasteiger partial charge in [-0.3, -0.25) is 0 Å². The lowest BCUT2D eigenvalue weighted by atomic mass is 9.97. The van der Waals surface area contributed by atoms with Crippen LogP contribution in [0.1, 0.15) is 19.8 Å². The van der Waals surface area contributed by atoms with E-state index in [2.05, 4.69) is 46.4 Å². The maximum Gasteiger partial charge on any atom is 0.0624 e. The molecule has 1 fully saturated rings. The predicted octanol–water partition coefficient (Wildman–Crippen LogP) is 3.29. The zero-order valence-corrected chi connectivity index (χ0v) is 13.1. The molecule has 0 radical (unpaired) electrons. The summed E-state index contributed by atoms with van der Waals surface area (Å²) in [5.41, 5.74) is -0.0955. The smallest absolute Gasteiger partial charge is 0.0624 e. The zero-order chi connectivity index (χ0) is 13.0. The Morgan fingerprint density at radius 3 is 2.83 bits per heavy atom. The molecule has 1 saturated carbocycles. The molecule has 1 aliphatic carbocycles. The summed E-state index contributed by atoms with van der Waals surface area (Å²) in [5.74, 6) is 1.57. The van der Waals surface area contributed by atoms with E-state index in [9.17, 15) is 5.11 Å². The van der Waals surface area contributed by atoms with Gasteiger partial charge in [-0.25, -0.2) is 0 Å². The van der Waals surface area contributed by atoms with Gasteiger partial charge >= 0.3 is 0 Å². The molecule has 0 bridgehead atoms. The van der Waals surface area contributed by atoms with Crippen molar-refractivity contribution in [3.8, 4) is 0 Å². The molecule has 0 aliphatic heterocycles.